The largest absolute Gasteiger partial charge is 0.497 e. The lowest BCUT2D eigenvalue weighted by atomic mass is 10.1. The van der Waals surface area contributed by atoms with E-state index in [9.17, 15) is 0 Å². The molecule has 0 bridgehead atoms. The molecule has 0 atom stereocenters. The van der Waals surface area contributed by atoms with Gasteiger partial charge in [-0.1, -0.05) is 6.92 Å². The molecule has 5 heteroatoms. The monoisotopic (exact) mass is 322 g/mol. The number of ether oxygens (including phenoxy) is 2. The van der Waals surface area contributed by atoms with Crippen molar-refractivity contribution in [3.05, 3.63) is 34.7 Å². The molecule has 1 aromatic heterocycles. The van der Waals surface area contributed by atoms with E-state index in [1.165, 1.54) is 0 Å². The first-order valence-electron chi connectivity index (χ1n) is 5.93. The second-order valence-corrected chi connectivity index (χ2v) is 4.76. The van der Waals surface area contributed by atoms with Crippen LogP contribution in [0.25, 0.3) is 11.3 Å². The summed E-state index contributed by atoms with van der Waals surface area (Å²) in [4.78, 5) is 8.83. The number of nitrogens with zero attached hydrogens (tertiary/aromatic N) is 2. The van der Waals surface area contributed by atoms with Crippen LogP contribution in [0.3, 0.4) is 0 Å². The molecule has 4 nitrogen and oxygen atoms in total. The fraction of sp³-hybridized carbons (Fsp3) is 0.286. The Morgan fingerprint density at radius 1 is 1.00 bits per heavy atom. The summed E-state index contributed by atoms with van der Waals surface area (Å²) in [5, 5.41) is 0. The van der Waals surface area contributed by atoms with E-state index in [1.807, 2.05) is 31.2 Å². The zero-order valence-corrected chi connectivity index (χ0v) is 12.7. The maximum atomic E-state index is 5.27. The lowest BCUT2D eigenvalue weighted by Gasteiger charge is -2.09. The molecule has 100 valence electrons. The highest BCUT2D eigenvalue weighted by Gasteiger charge is 2.08. The topological polar surface area (TPSA) is 44.2 Å². The van der Waals surface area contributed by atoms with Crippen LogP contribution in [-0.4, -0.2) is 24.2 Å². The average molecular weight is 323 g/mol. The Kier molecular flexibility index (Phi) is 4.37. The second kappa shape index (κ2) is 6.02. The van der Waals surface area contributed by atoms with Crippen LogP contribution < -0.4 is 9.47 Å². The lowest BCUT2D eigenvalue weighted by molar-refractivity contribution is 0.394. The molecule has 0 N–H and O–H groups in total. The highest BCUT2D eigenvalue weighted by Crippen LogP contribution is 2.29. The summed E-state index contributed by atoms with van der Waals surface area (Å²) in [6.45, 7) is 2.03. The highest BCUT2D eigenvalue weighted by atomic mass is 79.9. The van der Waals surface area contributed by atoms with E-state index in [1.54, 1.807) is 14.2 Å². The zero-order valence-electron chi connectivity index (χ0n) is 11.1. The SMILES string of the molecule is CCc1nc(Br)cc(-c2cc(OC)cc(OC)c2)n1. The normalized spacial score (nSPS) is 10.3. The van der Waals surface area contributed by atoms with Gasteiger partial charge in [0.05, 0.1) is 19.9 Å². The van der Waals surface area contributed by atoms with Gasteiger partial charge in [0.25, 0.3) is 0 Å². The minimum Gasteiger partial charge on any atom is -0.497 e. The van der Waals surface area contributed by atoms with E-state index in [0.29, 0.717) is 0 Å². The Bertz CT molecular complexity index is 565. The van der Waals surface area contributed by atoms with E-state index in [-0.39, 0.29) is 0 Å². The van der Waals surface area contributed by atoms with Crippen LogP contribution >= 0.6 is 15.9 Å². The lowest BCUT2D eigenvalue weighted by Crippen LogP contribution is -1.96. The van der Waals surface area contributed by atoms with Gasteiger partial charge in [-0.25, -0.2) is 9.97 Å². The van der Waals surface area contributed by atoms with E-state index < -0.39 is 0 Å². The standard InChI is InChI=1S/C14H15BrN2O2/c1-4-14-16-12(8-13(15)17-14)9-5-10(18-2)7-11(6-9)19-3/h5-8H,4H2,1-3H3. The summed E-state index contributed by atoms with van der Waals surface area (Å²) in [6, 6.07) is 7.57. The molecule has 2 rings (SSSR count). The Morgan fingerprint density at radius 3 is 2.16 bits per heavy atom. The Hall–Kier alpha value is -1.62. The molecule has 0 fully saturated rings. The third kappa shape index (κ3) is 3.23. The van der Waals surface area contributed by atoms with Crippen molar-refractivity contribution in [1.29, 1.82) is 0 Å². The summed E-state index contributed by atoms with van der Waals surface area (Å²) in [6.07, 6.45) is 0.785. The van der Waals surface area contributed by atoms with Gasteiger partial charge in [0.2, 0.25) is 0 Å². The molecule has 2 aromatic rings. The van der Waals surface area contributed by atoms with Crippen LogP contribution in [-0.2, 0) is 6.42 Å². The Balaban J connectivity index is 2.54. The summed E-state index contributed by atoms with van der Waals surface area (Å²) in [7, 11) is 3.26. The molecule has 1 heterocycles. The number of aryl methyl sites for hydroxylation is 1. The summed E-state index contributed by atoms with van der Waals surface area (Å²) in [5.41, 5.74) is 1.78. The summed E-state index contributed by atoms with van der Waals surface area (Å²) >= 11 is 3.41. The van der Waals surface area contributed by atoms with Crippen molar-refractivity contribution in [2.75, 3.05) is 14.2 Å². The molecule has 19 heavy (non-hydrogen) atoms. The number of hydrogen-bond donors (Lipinski definition) is 0. The van der Waals surface area contributed by atoms with Crippen LogP contribution in [0.1, 0.15) is 12.7 Å². The molecule has 0 aliphatic heterocycles. The first kappa shape index (κ1) is 13.8. The van der Waals surface area contributed by atoms with Crippen molar-refractivity contribution >= 4 is 15.9 Å². The van der Waals surface area contributed by atoms with Gasteiger partial charge >= 0.3 is 0 Å². The van der Waals surface area contributed by atoms with Crippen LogP contribution in [0.15, 0.2) is 28.9 Å². The minimum atomic E-state index is 0.738. The van der Waals surface area contributed by atoms with E-state index in [0.717, 1.165) is 39.6 Å². The Morgan fingerprint density at radius 2 is 1.63 bits per heavy atom. The predicted molar refractivity (Wildman–Crippen MR) is 77.7 cm³/mol. The minimum absolute atomic E-state index is 0.738. The molecule has 0 aliphatic rings. The van der Waals surface area contributed by atoms with Gasteiger partial charge in [0.1, 0.15) is 21.9 Å². The van der Waals surface area contributed by atoms with Crippen molar-refractivity contribution in [3.63, 3.8) is 0 Å². The Labute approximate surface area is 120 Å². The maximum absolute atomic E-state index is 5.27. The van der Waals surface area contributed by atoms with Crippen molar-refractivity contribution in [3.8, 4) is 22.8 Å². The molecule has 0 spiro atoms. The molecule has 0 unspecified atom stereocenters. The number of hydrogen-bond acceptors (Lipinski definition) is 4. The molecule has 0 saturated carbocycles. The van der Waals surface area contributed by atoms with E-state index in [2.05, 4.69) is 25.9 Å². The second-order valence-electron chi connectivity index (χ2n) is 3.95. The molecule has 0 radical (unpaired) electrons. The highest BCUT2D eigenvalue weighted by molar-refractivity contribution is 9.10. The number of aromatic nitrogens is 2. The number of methoxy groups -OCH3 is 2. The first-order valence-corrected chi connectivity index (χ1v) is 6.72. The van der Waals surface area contributed by atoms with E-state index >= 15 is 0 Å². The third-order valence-corrected chi connectivity index (χ3v) is 3.11. The number of halogens is 1. The summed E-state index contributed by atoms with van der Waals surface area (Å²) < 4.78 is 11.3. The van der Waals surface area contributed by atoms with Crippen molar-refractivity contribution in [2.45, 2.75) is 13.3 Å². The quantitative estimate of drug-likeness (QED) is 0.808. The molecule has 0 amide bonds. The molecule has 0 aliphatic carbocycles. The van der Waals surface area contributed by atoms with Gasteiger partial charge in [-0.05, 0) is 34.1 Å². The van der Waals surface area contributed by atoms with Crippen molar-refractivity contribution < 1.29 is 9.47 Å². The molecule has 1 aromatic carbocycles. The van der Waals surface area contributed by atoms with Crippen molar-refractivity contribution in [2.24, 2.45) is 0 Å². The van der Waals surface area contributed by atoms with Crippen molar-refractivity contribution in [1.82, 2.24) is 9.97 Å². The fourth-order valence-electron chi connectivity index (χ4n) is 1.73. The fourth-order valence-corrected chi connectivity index (χ4v) is 2.15. The van der Waals surface area contributed by atoms with Crippen LogP contribution in [0.4, 0.5) is 0 Å². The maximum Gasteiger partial charge on any atom is 0.130 e. The molecular weight excluding hydrogens is 308 g/mol. The smallest absolute Gasteiger partial charge is 0.130 e. The number of rotatable bonds is 4. The number of benzene rings is 1. The van der Waals surface area contributed by atoms with Crippen LogP contribution in [0.2, 0.25) is 0 Å². The van der Waals surface area contributed by atoms with Gasteiger partial charge in [0, 0.05) is 18.1 Å². The zero-order chi connectivity index (χ0) is 13.8. The van der Waals surface area contributed by atoms with Gasteiger partial charge in [0.15, 0.2) is 0 Å². The third-order valence-electron chi connectivity index (χ3n) is 2.70. The first-order chi connectivity index (χ1) is 9.16. The average Bonchev–Trinajstić information content (AvgIpc) is 2.45. The van der Waals surface area contributed by atoms with Gasteiger partial charge < -0.3 is 9.47 Å². The van der Waals surface area contributed by atoms with Gasteiger partial charge in [-0.15, -0.1) is 0 Å². The van der Waals surface area contributed by atoms with Gasteiger partial charge in [-0.3, -0.25) is 0 Å². The van der Waals surface area contributed by atoms with Crippen LogP contribution in [0, 0.1) is 0 Å². The predicted octanol–water partition coefficient (Wildman–Crippen LogP) is 3.49. The van der Waals surface area contributed by atoms with Crippen LogP contribution in [0.5, 0.6) is 11.5 Å². The van der Waals surface area contributed by atoms with Gasteiger partial charge in [-0.2, -0.15) is 0 Å². The van der Waals surface area contributed by atoms with E-state index in [4.69, 9.17) is 9.47 Å². The summed E-state index contributed by atoms with van der Waals surface area (Å²) in [5.74, 6) is 2.27. The molecule has 0 saturated heterocycles. The molecular formula is C14H15BrN2O2.